The third kappa shape index (κ3) is 0.249. The third-order valence-electron chi connectivity index (χ3n) is 3.06. The number of rotatable bonds is 0. The maximum absolute atomic E-state index is 2.54. The minimum absolute atomic E-state index is 1.05. The monoisotopic (exact) mass is 106 g/mol. The first kappa shape index (κ1) is 3.71. The summed E-state index contributed by atoms with van der Waals surface area (Å²) in [5.74, 6) is 3.31. The zero-order chi connectivity index (χ0) is 5.14. The summed E-state index contributed by atoms with van der Waals surface area (Å²) in [6.07, 6.45) is 7.04. The smallest absolute Gasteiger partial charge is 0.0166 e. The van der Waals surface area contributed by atoms with E-state index in [2.05, 4.69) is 6.08 Å². The molecule has 0 N–H and O–H groups in total. The zero-order valence-corrected chi connectivity index (χ0v) is 4.93. The molecule has 0 aromatic rings. The van der Waals surface area contributed by atoms with Crippen molar-refractivity contribution in [1.82, 2.24) is 0 Å². The van der Waals surface area contributed by atoms with Crippen LogP contribution in [0.2, 0.25) is 0 Å². The Bertz CT molecular complexity index is 167. The molecule has 0 heteroatoms. The zero-order valence-electron chi connectivity index (χ0n) is 4.93. The van der Waals surface area contributed by atoms with Gasteiger partial charge < -0.3 is 0 Å². The molecule has 0 aliphatic heterocycles. The molecule has 3 aliphatic rings. The summed E-state index contributed by atoms with van der Waals surface area (Å²) in [4.78, 5) is 0. The van der Waals surface area contributed by atoms with Gasteiger partial charge in [0.2, 0.25) is 0 Å². The molecule has 1 saturated carbocycles. The maximum Gasteiger partial charge on any atom is -0.0166 e. The molecule has 3 atom stereocenters. The van der Waals surface area contributed by atoms with Gasteiger partial charge in [-0.3, -0.25) is 0 Å². The fourth-order valence-electron chi connectivity index (χ4n) is 2.54. The van der Waals surface area contributed by atoms with Crippen LogP contribution in [0.15, 0.2) is 11.6 Å². The van der Waals surface area contributed by atoms with E-state index in [0.717, 1.165) is 17.8 Å². The Labute approximate surface area is 49.6 Å². The van der Waals surface area contributed by atoms with E-state index in [0.29, 0.717) is 0 Å². The predicted octanol–water partition coefficient (Wildman–Crippen LogP) is 1.97. The number of fused-ring (bicyclic) bond motifs is 4. The van der Waals surface area contributed by atoms with Crippen LogP contribution in [0, 0.1) is 17.8 Å². The Balaban J connectivity index is 2.13. The number of hydrogen-bond donors (Lipinski definition) is 0. The molecule has 0 amide bonds. The largest absolute Gasteiger partial charge is 0.0816 e. The summed E-state index contributed by atoms with van der Waals surface area (Å²) in [7, 11) is 0. The average molecular weight is 106 g/mol. The fourth-order valence-corrected chi connectivity index (χ4v) is 2.54. The quantitative estimate of drug-likeness (QED) is 0.414. The molecule has 0 saturated heterocycles. The highest BCUT2D eigenvalue weighted by Crippen LogP contribution is 2.61. The van der Waals surface area contributed by atoms with Gasteiger partial charge in [-0.2, -0.15) is 0 Å². The van der Waals surface area contributed by atoms with Gasteiger partial charge in [0.25, 0.3) is 0 Å². The van der Waals surface area contributed by atoms with Gasteiger partial charge >= 0.3 is 0 Å². The summed E-state index contributed by atoms with van der Waals surface area (Å²) in [6.45, 7) is 0. The molecule has 0 aromatic carbocycles. The molecule has 0 radical (unpaired) electrons. The lowest BCUT2D eigenvalue weighted by atomic mass is 9.99. The lowest BCUT2D eigenvalue weighted by Gasteiger charge is -2.05. The highest BCUT2D eigenvalue weighted by molar-refractivity contribution is 5.30. The topological polar surface area (TPSA) is 0 Å². The molecular formula is C8H10. The van der Waals surface area contributed by atoms with E-state index in [1.807, 2.05) is 5.57 Å². The van der Waals surface area contributed by atoms with E-state index < -0.39 is 0 Å². The van der Waals surface area contributed by atoms with E-state index in [-0.39, 0.29) is 0 Å². The van der Waals surface area contributed by atoms with Crippen molar-refractivity contribution in [2.45, 2.75) is 19.3 Å². The van der Waals surface area contributed by atoms with Gasteiger partial charge in [-0.25, -0.2) is 0 Å². The van der Waals surface area contributed by atoms with Crippen molar-refractivity contribution in [2.75, 3.05) is 0 Å². The Hall–Kier alpha value is -0.260. The Kier molecular flexibility index (Phi) is 0.415. The summed E-state index contributed by atoms with van der Waals surface area (Å²) >= 11 is 0. The van der Waals surface area contributed by atoms with Gasteiger partial charge in [-0.1, -0.05) is 11.6 Å². The van der Waals surface area contributed by atoms with Crippen LogP contribution in [0.4, 0.5) is 0 Å². The van der Waals surface area contributed by atoms with E-state index in [4.69, 9.17) is 0 Å². The molecule has 0 heterocycles. The first-order valence-corrected chi connectivity index (χ1v) is 3.66. The molecule has 0 nitrogen and oxygen atoms in total. The summed E-state index contributed by atoms with van der Waals surface area (Å²) in [6, 6.07) is 0. The molecule has 42 valence electrons. The van der Waals surface area contributed by atoms with Crippen molar-refractivity contribution in [3.8, 4) is 0 Å². The molecular weight excluding hydrogens is 96.1 g/mol. The van der Waals surface area contributed by atoms with Crippen LogP contribution in [0.5, 0.6) is 0 Å². The lowest BCUT2D eigenvalue weighted by molar-refractivity contribution is 0.514. The van der Waals surface area contributed by atoms with Crippen molar-refractivity contribution >= 4 is 0 Å². The summed E-state index contributed by atoms with van der Waals surface area (Å²) < 4.78 is 0. The third-order valence-corrected chi connectivity index (χ3v) is 3.06. The van der Waals surface area contributed by atoms with Gasteiger partial charge in [-0.15, -0.1) is 0 Å². The summed E-state index contributed by atoms with van der Waals surface area (Å²) in [5, 5.41) is 0. The fraction of sp³-hybridized carbons (Fsp3) is 0.750. The van der Waals surface area contributed by atoms with Crippen molar-refractivity contribution in [2.24, 2.45) is 17.8 Å². The van der Waals surface area contributed by atoms with Crippen LogP contribution in [0.3, 0.4) is 0 Å². The second-order valence-electron chi connectivity index (χ2n) is 3.45. The highest BCUT2D eigenvalue weighted by Gasteiger charge is 2.51. The Morgan fingerprint density at radius 1 is 1.50 bits per heavy atom. The van der Waals surface area contributed by atoms with Gasteiger partial charge in [0, 0.05) is 0 Å². The molecule has 0 aromatic heterocycles. The summed E-state index contributed by atoms with van der Waals surface area (Å²) in [5.41, 5.74) is 1.82. The number of hydrogen-bond acceptors (Lipinski definition) is 0. The van der Waals surface area contributed by atoms with E-state index in [9.17, 15) is 0 Å². The van der Waals surface area contributed by atoms with Crippen LogP contribution in [0.1, 0.15) is 19.3 Å². The SMILES string of the molecule is C1=C2CCC1C1CC21. The number of allylic oxidation sites excluding steroid dienone is 2. The molecule has 8 heavy (non-hydrogen) atoms. The van der Waals surface area contributed by atoms with Crippen LogP contribution >= 0.6 is 0 Å². The minimum Gasteiger partial charge on any atom is -0.0816 e. The van der Waals surface area contributed by atoms with Crippen LogP contribution in [0.25, 0.3) is 0 Å². The average Bonchev–Trinajstić information content (AvgIpc) is 2.39. The van der Waals surface area contributed by atoms with Crippen LogP contribution in [-0.2, 0) is 0 Å². The van der Waals surface area contributed by atoms with Crippen molar-refractivity contribution in [1.29, 1.82) is 0 Å². The minimum atomic E-state index is 1.05. The van der Waals surface area contributed by atoms with E-state index in [1.54, 1.807) is 6.42 Å². The standard InChI is InChI=1S/C8H10/c1-2-6-3-5(1)7-4-8(6)7/h3,5,7-8H,1-2,4H2. The van der Waals surface area contributed by atoms with Crippen LogP contribution in [-0.4, -0.2) is 0 Å². The highest BCUT2D eigenvalue weighted by atomic mass is 14.6. The second kappa shape index (κ2) is 0.896. The molecule has 3 rings (SSSR count). The van der Waals surface area contributed by atoms with Gasteiger partial charge in [-0.05, 0) is 37.0 Å². The van der Waals surface area contributed by atoms with Gasteiger partial charge in [0.15, 0.2) is 0 Å². The van der Waals surface area contributed by atoms with Crippen molar-refractivity contribution in [3.63, 3.8) is 0 Å². The second-order valence-corrected chi connectivity index (χ2v) is 3.45. The van der Waals surface area contributed by atoms with Crippen LogP contribution < -0.4 is 0 Å². The molecule has 3 unspecified atom stereocenters. The van der Waals surface area contributed by atoms with Crippen molar-refractivity contribution in [3.05, 3.63) is 11.6 Å². The van der Waals surface area contributed by atoms with E-state index >= 15 is 0 Å². The molecule has 1 fully saturated rings. The normalized spacial score (nSPS) is 56.0. The van der Waals surface area contributed by atoms with E-state index in [1.165, 1.54) is 12.8 Å². The molecule has 0 spiro atoms. The van der Waals surface area contributed by atoms with Gasteiger partial charge in [0.1, 0.15) is 0 Å². The lowest BCUT2D eigenvalue weighted by Crippen LogP contribution is -1.96. The predicted molar refractivity (Wildman–Crippen MR) is 32.4 cm³/mol. The maximum atomic E-state index is 2.54. The van der Waals surface area contributed by atoms with Crippen molar-refractivity contribution < 1.29 is 0 Å². The molecule has 3 aliphatic carbocycles. The molecule has 2 bridgehead atoms. The van der Waals surface area contributed by atoms with Gasteiger partial charge in [0.05, 0.1) is 0 Å². The Morgan fingerprint density at radius 2 is 2.50 bits per heavy atom. The first-order valence-electron chi connectivity index (χ1n) is 3.66. The Morgan fingerprint density at radius 3 is 3.00 bits per heavy atom. The first-order chi connectivity index (χ1) is 3.95.